The maximum atomic E-state index is 12.6. The lowest BCUT2D eigenvalue weighted by Gasteiger charge is -2.02. The number of thiazole rings is 1. The highest BCUT2D eigenvalue weighted by atomic mass is 32.1. The fourth-order valence-corrected chi connectivity index (χ4v) is 3.97. The molecule has 0 saturated heterocycles. The zero-order valence-electron chi connectivity index (χ0n) is 16.6. The van der Waals surface area contributed by atoms with Gasteiger partial charge in [0.25, 0.3) is 5.91 Å². The first-order chi connectivity index (χ1) is 13.9. The molecule has 3 aromatic rings. The number of aryl methyl sites for hydroxylation is 3. The second-order valence-electron chi connectivity index (χ2n) is 6.73. The summed E-state index contributed by atoms with van der Waals surface area (Å²) in [4.78, 5) is 28.9. The first kappa shape index (κ1) is 20.7. The molecular weight excluding hydrogens is 390 g/mol. The van der Waals surface area contributed by atoms with Crippen LogP contribution in [0.1, 0.15) is 53.3 Å². The van der Waals surface area contributed by atoms with E-state index in [9.17, 15) is 14.9 Å². The molecule has 0 aliphatic heterocycles. The van der Waals surface area contributed by atoms with Gasteiger partial charge in [0.15, 0.2) is 5.13 Å². The van der Waals surface area contributed by atoms with Crippen molar-refractivity contribution in [3.05, 3.63) is 56.2 Å². The molecule has 0 aliphatic rings. The van der Waals surface area contributed by atoms with E-state index in [1.54, 1.807) is 0 Å². The SMILES string of the molecule is CCCc1ccc(-c2nc(NC(=O)c3n[nH]c(CCC)c3[N+](=O)[O-])sc2C)cc1. The Balaban J connectivity index is 1.82. The highest BCUT2D eigenvalue weighted by molar-refractivity contribution is 7.16. The Kier molecular flexibility index (Phi) is 6.38. The number of hydrogen-bond donors (Lipinski definition) is 2. The van der Waals surface area contributed by atoms with Gasteiger partial charge in [-0.15, -0.1) is 11.3 Å². The summed E-state index contributed by atoms with van der Waals surface area (Å²) < 4.78 is 0. The van der Waals surface area contributed by atoms with Crippen LogP contribution in [-0.4, -0.2) is 26.0 Å². The van der Waals surface area contributed by atoms with Gasteiger partial charge in [0.1, 0.15) is 5.69 Å². The third-order valence-electron chi connectivity index (χ3n) is 4.49. The molecule has 0 unspecified atom stereocenters. The zero-order chi connectivity index (χ0) is 21.0. The summed E-state index contributed by atoms with van der Waals surface area (Å²) in [5.41, 5.74) is 2.88. The molecular formula is C20H23N5O3S. The first-order valence-electron chi connectivity index (χ1n) is 9.54. The van der Waals surface area contributed by atoms with E-state index >= 15 is 0 Å². The normalized spacial score (nSPS) is 10.9. The smallest absolute Gasteiger partial charge is 0.296 e. The van der Waals surface area contributed by atoms with E-state index in [2.05, 4.69) is 39.6 Å². The van der Waals surface area contributed by atoms with Crippen molar-refractivity contribution in [2.45, 2.75) is 46.5 Å². The molecule has 152 valence electrons. The monoisotopic (exact) mass is 413 g/mol. The molecule has 0 aliphatic carbocycles. The highest BCUT2D eigenvalue weighted by Crippen LogP contribution is 2.31. The van der Waals surface area contributed by atoms with Gasteiger partial charge < -0.3 is 0 Å². The molecule has 0 radical (unpaired) electrons. The summed E-state index contributed by atoms with van der Waals surface area (Å²) in [5, 5.41) is 20.9. The van der Waals surface area contributed by atoms with Crippen molar-refractivity contribution in [2.75, 3.05) is 5.32 Å². The van der Waals surface area contributed by atoms with Gasteiger partial charge in [0.2, 0.25) is 5.69 Å². The van der Waals surface area contributed by atoms with Gasteiger partial charge in [-0.1, -0.05) is 51.0 Å². The molecule has 0 bridgehead atoms. The van der Waals surface area contributed by atoms with Crippen LogP contribution in [-0.2, 0) is 12.8 Å². The second-order valence-corrected chi connectivity index (χ2v) is 7.93. The van der Waals surface area contributed by atoms with Crippen LogP contribution in [0.25, 0.3) is 11.3 Å². The van der Waals surface area contributed by atoms with Gasteiger partial charge in [-0.05, 0) is 25.3 Å². The molecule has 9 heteroatoms. The summed E-state index contributed by atoms with van der Waals surface area (Å²) >= 11 is 1.33. The van der Waals surface area contributed by atoms with Crippen LogP contribution >= 0.6 is 11.3 Å². The standard InChI is InChI=1S/C20H23N5O3S/c1-4-6-13-8-10-14(11-9-13)16-12(3)29-20(21-16)22-19(26)17-18(25(27)28)15(7-5-2)23-24-17/h8-11H,4-7H2,1-3H3,(H,23,24)(H,21,22,26). The third-order valence-corrected chi connectivity index (χ3v) is 5.38. The molecule has 0 fully saturated rings. The van der Waals surface area contributed by atoms with Crippen molar-refractivity contribution < 1.29 is 9.72 Å². The summed E-state index contributed by atoms with van der Waals surface area (Å²) in [6.45, 7) is 5.97. The largest absolute Gasteiger partial charge is 0.322 e. The number of aromatic nitrogens is 3. The number of nitro groups is 1. The maximum Gasteiger partial charge on any atom is 0.322 e. The van der Waals surface area contributed by atoms with Gasteiger partial charge in [-0.25, -0.2) is 4.98 Å². The minimum atomic E-state index is -0.645. The number of rotatable bonds is 8. The number of hydrogen-bond acceptors (Lipinski definition) is 6. The van der Waals surface area contributed by atoms with Crippen LogP contribution in [0.2, 0.25) is 0 Å². The number of aromatic amines is 1. The molecule has 0 saturated carbocycles. The number of nitrogens with one attached hydrogen (secondary N) is 2. The fraction of sp³-hybridized carbons (Fsp3) is 0.350. The van der Waals surface area contributed by atoms with E-state index in [4.69, 9.17) is 0 Å². The topological polar surface area (TPSA) is 114 Å². The van der Waals surface area contributed by atoms with E-state index < -0.39 is 10.8 Å². The fourth-order valence-electron chi connectivity index (χ4n) is 3.14. The summed E-state index contributed by atoms with van der Waals surface area (Å²) in [7, 11) is 0. The van der Waals surface area contributed by atoms with Gasteiger partial charge in [-0.2, -0.15) is 5.10 Å². The van der Waals surface area contributed by atoms with Gasteiger partial charge >= 0.3 is 5.69 Å². The summed E-state index contributed by atoms with van der Waals surface area (Å²) in [6, 6.07) is 8.21. The molecule has 2 N–H and O–H groups in total. The van der Waals surface area contributed by atoms with Crippen molar-refractivity contribution in [1.82, 2.24) is 15.2 Å². The van der Waals surface area contributed by atoms with Crippen LogP contribution in [0.4, 0.5) is 10.8 Å². The maximum absolute atomic E-state index is 12.6. The molecule has 2 aromatic heterocycles. The molecule has 29 heavy (non-hydrogen) atoms. The lowest BCUT2D eigenvalue weighted by molar-refractivity contribution is -0.385. The van der Waals surface area contributed by atoms with Crippen LogP contribution in [0.5, 0.6) is 0 Å². The Hall–Kier alpha value is -3.07. The van der Waals surface area contributed by atoms with Crippen molar-refractivity contribution in [3.63, 3.8) is 0 Å². The lowest BCUT2D eigenvalue weighted by Crippen LogP contribution is -2.14. The lowest BCUT2D eigenvalue weighted by atomic mass is 10.1. The van der Waals surface area contributed by atoms with Crippen LogP contribution in [0.3, 0.4) is 0 Å². The van der Waals surface area contributed by atoms with E-state index in [0.29, 0.717) is 23.7 Å². The molecule has 1 aromatic carbocycles. The molecule has 0 spiro atoms. The highest BCUT2D eigenvalue weighted by Gasteiger charge is 2.29. The predicted molar refractivity (Wildman–Crippen MR) is 113 cm³/mol. The van der Waals surface area contributed by atoms with E-state index in [1.807, 2.05) is 26.0 Å². The Morgan fingerprint density at radius 2 is 1.90 bits per heavy atom. The van der Waals surface area contributed by atoms with Crippen molar-refractivity contribution in [1.29, 1.82) is 0 Å². The molecule has 8 nitrogen and oxygen atoms in total. The average molecular weight is 414 g/mol. The van der Waals surface area contributed by atoms with E-state index in [-0.39, 0.29) is 11.4 Å². The van der Waals surface area contributed by atoms with E-state index in [1.165, 1.54) is 16.9 Å². The number of benzene rings is 1. The Morgan fingerprint density at radius 1 is 1.21 bits per heavy atom. The minimum Gasteiger partial charge on any atom is -0.296 e. The zero-order valence-corrected chi connectivity index (χ0v) is 17.4. The first-order valence-corrected chi connectivity index (χ1v) is 10.4. The number of carbonyl (C=O) groups is 1. The third kappa shape index (κ3) is 4.51. The number of nitrogens with zero attached hydrogens (tertiary/aromatic N) is 3. The quantitative estimate of drug-likeness (QED) is 0.402. The molecule has 1 amide bonds. The number of carbonyl (C=O) groups excluding carboxylic acids is 1. The van der Waals surface area contributed by atoms with Crippen LogP contribution < -0.4 is 5.32 Å². The number of H-pyrrole nitrogens is 1. The Labute approximate surface area is 172 Å². The molecule has 0 atom stereocenters. The number of anilines is 1. The van der Waals surface area contributed by atoms with Crippen molar-refractivity contribution in [3.8, 4) is 11.3 Å². The summed E-state index contributed by atoms with van der Waals surface area (Å²) in [5.74, 6) is -0.645. The van der Waals surface area contributed by atoms with Gasteiger partial charge in [0, 0.05) is 10.4 Å². The average Bonchev–Trinajstić information content (AvgIpc) is 3.26. The minimum absolute atomic E-state index is 0.225. The van der Waals surface area contributed by atoms with Crippen LogP contribution in [0, 0.1) is 17.0 Å². The van der Waals surface area contributed by atoms with Crippen molar-refractivity contribution >= 4 is 28.1 Å². The summed E-state index contributed by atoms with van der Waals surface area (Å²) in [6.07, 6.45) is 3.27. The Bertz CT molecular complexity index is 1020. The van der Waals surface area contributed by atoms with Gasteiger partial charge in [0.05, 0.1) is 10.6 Å². The van der Waals surface area contributed by atoms with Crippen LogP contribution in [0.15, 0.2) is 24.3 Å². The second kappa shape index (κ2) is 8.95. The Morgan fingerprint density at radius 3 is 2.52 bits per heavy atom. The van der Waals surface area contributed by atoms with Gasteiger partial charge in [-0.3, -0.25) is 25.3 Å². The number of amides is 1. The van der Waals surface area contributed by atoms with Crippen molar-refractivity contribution in [2.24, 2.45) is 0 Å². The molecule has 2 heterocycles. The molecule has 3 rings (SSSR count). The van der Waals surface area contributed by atoms with E-state index in [0.717, 1.165) is 29.0 Å². The predicted octanol–water partition coefficient (Wildman–Crippen LogP) is 4.91.